The average Bonchev–Trinajstić information content (AvgIpc) is 3.15. The number of hydrogen-bond acceptors (Lipinski definition) is 4. The highest BCUT2D eigenvalue weighted by Gasteiger charge is 2.11. The molecular weight excluding hydrogens is 475 g/mol. The van der Waals surface area contributed by atoms with Crippen molar-refractivity contribution >= 4 is 47.0 Å². The van der Waals surface area contributed by atoms with Crippen LogP contribution in [0.4, 0.5) is 0 Å². The van der Waals surface area contributed by atoms with Crippen LogP contribution in [0.5, 0.6) is 5.75 Å². The van der Waals surface area contributed by atoms with Gasteiger partial charge in [0.05, 0.1) is 16.6 Å². The molecule has 0 saturated heterocycles. The molecule has 0 amide bonds. The van der Waals surface area contributed by atoms with E-state index in [2.05, 4.69) is 15.6 Å². The van der Waals surface area contributed by atoms with Gasteiger partial charge in [0.2, 0.25) is 4.77 Å². The first-order chi connectivity index (χ1) is 15.0. The van der Waals surface area contributed by atoms with Gasteiger partial charge in [-0.25, -0.2) is 9.77 Å². The van der Waals surface area contributed by atoms with Crippen LogP contribution in [0.3, 0.4) is 0 Å². The third-order valence-electron chi connectivity index (χ3n) is 4.53. The zero-order valence-electron chi connectivity index (χ0n) is 16.1. The van der Waals surface area contributed by atoms with Crippen LogP contribution in [0.15, 0.2) is 66.7 Å². The second-order valence-electron chi connectivity index (χ2n) is 6.68. The van der Waals surface area contributed by atoms with Crippen LogP contribution in [-0.4, -0.2) is 14.9 Å². The summed E-state index contributed by atoms with van der Waals surface area (Å²) in [5.74, 6) is 1.38. The summed E-state index contributed by atoms with van der Waals surface area (Å²) in [5.41, 5.74) is 6.01. The Morgan fingerprint density at radius 1 is 0.968 bits per heavy atom. The standard InChI is InChI=1S/C22H17Cl3N4OS/c23-17-7-9-20(30-13-14-6-8-18(24)19(25)10-14)16(11-17)12-26-29-21(27-28-22(29)31)15-4-2-1-3-5-15/h1-11,26H,12-13H2,(H,28,31). The maximum atomic E-state index is 6.23. The van der Waals surface area contributed by atoms with E-state index < -0.39 is 0 Å². The largest absolute Gasteiger partial charge is 0.489 e. The maximum Gasteiger partial charge on any atom is 0.214 e. The van der Waals surface area contributed by atoms with E-state index in [1.165, 1.54) is 0 Å². The minimum Gasteiger partial charge on any atom is -0.489 e. The Morgan fingerprint density at radius 3 is 2.55 bits per heavy atom. The van der Waals surface area contributed by atoms with E-state index in [1.807, 2.05) is 48.5 Å². The van der Waals surface area contributed by atoms with E-state index in [-0.39, 0.29) is 0 Å². The second-order valence-corrected chi connectivity index (χ2v) is 8.32. The van der Waals surface area contributed by atoms with Gasteiger partial charge in [0, 0.05) is 16.1 Å². The van der Waals surface area contributed by atoms with E-state index in [1.54, 1.807) is 22.9 Å². The molecule has 0 aliphatic heterocycles. The third kappa shape index (κ3) is 5.22. The summed E-state index contributed by atoms with van der Waals surface area (Å²) in [5, 5.41) is 8.77. The molecule has 0 spiro atoms. The van der Waals surface area contributed by atoms with Gasteiger partial charge >= 0.3 is 0 Å². The molecule has 0 bridgehead atoms. The number of rotatable bonds is 7. The first-order valence-electron chi connectivity index (χ1n) is 9.33. The Balaban J connectivity index is 1.53. The molecule has 0 saturated carbocycles. The second kappa shape index (κ2) is 9.75. The van der Waals surface area contributed by atoms with Gasteiger partial charge in [-0.3, -0.25) is 0 Å². The van der Waals surface area contributed by atoms with E-state index in [0.717, 1.165) is 16.7 Å². The molecule has 2 N–H and O–H groups in total. The van der Waals surface area contributed by atoms with Crippen LogP contribution < -0.4 is 10.2 Å². The molecule has 4 aromatic rings. The van der Waals surface area contributed by atoms with Gasteiger partial charge in [0.25, 0.3) is 0 Å². The fraction of sp³-hybridized carbons (Fsp3) is 0.0909. The zero-order chi connectivity index (χ0) is 21.8. The van der Waals surface area contributed by atoms with Crippen molar-refractivity contribution in [3.63, 3.8) is 0 Å². The van der Waals surface area contributed by atoms with Crippen LogP contribution in [0.2, 0.25) is 15.1 Å². The smallest absolute Gasteiger partial charge is 0.214 e. The maximum absolute atomic E-state index is 6.23. The van der Waals surface area contributed by atoms with Crippen molar-refractivity contribution in [2.24, 2.45) is 0 Å². The number of nitrogens with zero attached hydrogens (tertiary/aromatic N) is 2. The molecule has 3 aromatic carbocycles. The number of ether oxygens (including phenoxy) is 1. The number of H-pyrrole nitrogens is 1. The molecule has 5 nitrogen and oxygen atoms in total. The van der Waals surface area contributed by atoms with Gasteiger partial charge in [-0.15, -0.1) is 0 Å². The van der Waals surface area contributed by atoms with Crippen molar-refractivity contribution < 1.29 is 4.74 Å². The molecule has 9 heteroatoms. The Labute approximate surface area is 199 Å². The highest BCUT2D eigenvalue weighted by molar-refractivity contribution is 7.71. The van der Waals surface area contributed by atoms with Gasteiger partial charge in [-0.2, -0.15) is 5.10 Å². The molecule has 1 aromatic heterocycles. The summed E-state index contributed by atoms with van der Waals surface area (Å²) >= 11 is 23.7. The van der Waals surface area contributed by atoms with E-state index in [9.17, 15) is 0 Å². The molecule has 0 radical (unpaired) electrons. The number of nitrogens with one attached hydrogen (secondary N) is 2. The molecule has 158 valence electrons. The fourth-order valence-corrected chi connectivity index (χ4v) is 3.72. The van der Waals surface area contributed by atoms with Crippen molar-refractivity contribution in [1.82, 2.24) is 14.9 Å². The third-order valence-corrected chi connectivity index (χ3v) is 5.78. The zero-order valence-corrected chi connectivity index (χ0v) is 19.2. The Bertz CT molecular complexity index is 1260. The van der Waals surface area contributed by atoms with Crippen molar-refractivity contribution in [3.05, 3.63) is 97.7 Å². The molecule has 4 rings (SSSR count). The predicted molar refractivity (Wildman–Crippen MR) is 128 cm³/mol. The Morgan fingerprint density at radius 2 is 1.77 bits per heavy atom. The van der Waals surface area contributed by atoms with E-state index in [0.29, 0.717) is 44.6 Å². The van der Waals surface area contributed by atoms with Gasteiger partial charge in [-0.1, -0.05) is 71.2 Å². The van der Waals surface area contributed by atoms with Gasteiger partial charge in [0.15, 0.2) is 5.82 Å². The van der Waals surface area contributed by atoms with Gasteiger partial charge in [0.1, 0.15) is 12.4 Å². The molecule has 0 atom stereocenters. The minimum atomic E-state index is 0.339. The molecule has 0 aliphatic rings. The van der Waals surface area contributed by atoms with Gasteiger partial charge < -0.3 is 10.2 Å². The topological polar surface area (TPSA) is 54.9 Å². The average molecular weight is 492 g/mol. The van der Waals surface area contributed by atoms with Crippen molar-refractivity contribution in [3.8, 4) is 17.1 Å². The van der Waals surface area contributed by atoms with Gasteiger partial charge in [-0.05, 0) is 48.1 Å². The lowest BCUT2D eigenvalue weighted by Gasteiger charge is -2.15. The summed E-state index contributed by atoms with van der Waals surface area (Å²) in [4.78, 5) is 0. The molecule has 0 aliphatic carbocycles. The molecular formula is C22H17Cl3N4OS. The van der Waals surface area contributed by atoms with E-state index >= 15 is 0 Å². The van der Waals surface area contributed by atoms with Crippen molar-refractivity contribution in [2.75, 3.05) is 5.43 Å². The predicted octanol–water partition coefficient (Wildman–Crippen LogP) is 6.89. The summed E-state index contributed by atoms with van der Waals surface area (Å²) in [6.45, 7) is 0.761. The monoisotopic (exact) mass is 490 g/mol. The highest BCUT2D eigenvalue weighted by Crippen LogP contribution is 2.27. The Hall–Kier alpha value is -2.51. The molecule has 0 unspecified atom stereocenters. The van der Waals surface area contributed by atoms with Crippen molar-refractivity contribution in [2.45, 2.75) is 13.2 Å². The Kier molecular flexibility index (Phi) is 6.83. The SMILES string of the molecule is S=c1[nH]nc(-c2ccccc2)n1NCc1cc(Cl)ccc1OCc1ccc(Cl)c(Cl)c1. The highest BCUT2D eigenvalue weighted by atomic mass is 35.5. The summed E-state index contributed by atoms with van der Waals surface area (Å²) in [6, 6.07) is 20.7. The van der Waals surface area contributed by atoms with Crippen LogP contribution in [0.25, 0.3) is 11.4 Å². The summed E-state index contributed by atoms with van der Waals surface area (Å²) < 4.78 is 8.22. The van der Waals surface area contributed by atoms with Crippen LogP contribution in [0.1, 0.15) is 11.1 Å². The number of aromatic nitrogens is 3. The quantitative estimate of drug-likeness (QED) is 0.276. The lowest BCUT2D eigenvalue weighted by molar-refractivity contribution is 0.303. The van der Waals surface area contributed by atoms with E-state index in [4.69, 9.17) is 51.8 Å². The first kappa shape index (κ1) is 21.7. The van der Waals surface area contributed by atoms with Crippen LogP contribution in [0, 0.1) is 4.77 Å². The number of benzene rings is 3. The normalized spacial score (nSPS) is 10.8. The van der Waals surface area contributed by atoms with Crippen LogP contribution in [-0.2, 0) is 13.2 Å². The molecule has 1 heterocycles. The number of hydrogen-bond donors (Lipinski definition) is 2. The molecule has 31 heavy (non-hydrogen) atoms. The lowest BCUT2D eigenvalue weighted by atomic mass is 10.2. The lowest BCUT2D eigenvalue weighted by Crippen LogP contribution is -2.16. The summed E-state index contributed by atoms with van der Waals surface area (Å²) in [7, 11) is 0. The summed E-state index contributed by atoms with van der Waals surface area (Å²) in [6.07, 6.45) is 0. The first-order valence-corrected chi connectivity index (χ1v) is 10.9. The minimum absolute atomic E-state index is 0.339. The number of halogens is 3. The van der Waals surface area contributed by atoms with Crippen molar-refractivity contribution in [1.29, 1.82) is 0 Å². The number of aromatic amines is 1. The van der Waals surface area contributed by atoms with Crippen LogP contribution >= 0.6 is 47.0 Å². The molecule has 0 fully saturated rings. The fourth-order valence-electron chi connectivity index (χ4n) is 3.01.